The summed E-state index contributed by atoms with van der Waals surface area (Å²) in [5.41, 5.74) is 3.40. The number of carbonyl (C=O) groups excluding carboxylic acids is 1. The van der Waals surface area contributed by atoms with Crippen LogP contribution < -0.4 is 10.8 Å². The maximum Gasteiger partial charge on any atom is 0.293 e. The van der Waals surface area contributed by atoms with Crippen molar-refractivity contribution in [3.05, 3.63) is 53.5 Å². The molecule has 172 valence electrons. The van der Waals surface area contributed by atoms with E-state index in [2.05, 4.69) is 10.3 Å². The van der Waals surface area contributed by atoms with Gasteiger partial charge in [0.05, 0.1) is 11.7 Å². The summed E-state index contributed by atoms with van der Waals surface area (Å²) in [4.78, 5) is 16.0. The lowest BCUT2D eigenvalue weighted by Gasteiger charge is -2.21. The van der Waals surface area contributed by atoms with E-state index in [9.17, 15) is 13.6 Å². The number of allylic oxidation sites excluding steroid dienone is 4. The van der Waals surface area contributed by atoms with Gasteiger partial charge in [-0.1, -0.05) is 0 Å². The van der Waals surface area contributed by atoms with Gasteiger partial charge in [0, 0.05) is 49.9 Å². The minimum absolute atomic E-state index is 0.0925. The van der Waals surface area contributed by atoms with Crippen molar-refractivity contribution in [3.63, 3.8) is 0 Å². The van der Waals surface area contributed by atoms with E-state index in [1.807, 2.05) is 10.8 Å². The standard InChI is InChI=1S/C23H28F2N4O3/c24-18-2-1-16(20(25)9-18)13-29-14-17(11-26-6-3-15-4-7-32-8-5-15)19-10-21(23(30)28-31)27-12-22(19)29/h2,9-10,12,14-16,26,31H,1,3-8,11,13H2,(H,28,30). The van der Waals surface area contributed by atoms with Crippen LogP contribution >= 0.6 is 0 Å². The molecule has 1 aliphatic heterocycles. The third-order valence-corrected chi connectivity index (χ3v) is 6.25. The van der Waals surface area contributed by atoms with Gasteiger partial charge in [0.1, 0.15) is 17.3 Å². The zero-order valence-corrected chi connectivity index (χ0v) is 17.8. The molecular weight excluding hydrogens is 418 g/mol. The number of nitrogens with zero attached hydrogens (tertiary/aromatic N) is 2. The predicted molar refractivity (Wildman–Crippen MR) is 115 cm³/mol. The van der Waals surface area contributed by atoms with E-state index >= 15 is 0 Å². The monoisotopic (exact) mass is 446 g/mol. The molecule has 0 aromatic carbocycles. The molecule has 0 radical (unpaired) electrons. The number of amides is 1. The number of rotatable bonds is 8. The Labute approximate surface area is 185 Å². The quantitative estimate of drug-likeness (QED) is 0.326. The highest BCUT2D eigenvalue weighted by atomic mass is 19.1. The van der Waals surface area contributed by atoms with E-state index in [0.29, 0.717) is 19.0 Å². The van der Waals surface area contributed by atoms with Gasteiger partial charge in [-0.25, -0.2) is 19.2 Å². The number of carbonyl (C=O) groups is 1. The van der Waals surface area contributed by atoms with Gasteiger partial charge in [-0.2, -0.15) is 0 Å². The highest BCUT2D eigenvalue weighted by molar-refractivity contribution is 5.96. The third kappa shape index (κ3) is 5.23. The average Bonchev–Trinajstić information content (AvgIpc) is 3.15. The topological polar surface area (TPSA) is 88.4 Å². The lowest BCUT2D eigenvalue weighted by Crippen LogP contribution is -2.22. The van der Waals surface area contributed by atoms with Crippen LogP contribution in [0.25, 0.3) is 10.9 Å². The number of halogens is 2. The molecule has 3 N–H and O–H groups in total. The van der Waals surface area contributed by atoms with E-state index in [1.54, 1.807) is 17.7 Å². The van der Waals surface area contributed by atoms with Crippen molar-refractivity contribution in [2.45, 2.75) is 38.8 Å². The fourth-order valence-electron chi connectivity index (χ4n) is 4.37. The summed E-state index contributed by atoms with van der Waals surface area (Å²) in [6, 6.07) is 1.62. The summed E-state index contributed by atoms with van der Waals surface area (Å²) in [6.07, 6.45) is 9.32. The van der Waals surface area contributed by atoms with Crippen LogP contribution in [0.5, 0.6) is 0 Å². The maximum atomic E-state index is 14.3. The van der Waals surface area contributed by atoms with Crippen molar-refractivity contribution in [3.8, 4) is 0 Å². The first-order chi connectivity index (χ1) is 15.5. The smallest absolute Gasteiger partial charge is 0.293 e. The molecule has 4 rings (SSSR count). The lowest BCUT2D eigenvalue weighted by atomic mass is 9.97. The molecule has 1 fully saturated rings. The fourth-order valence-corrected chi connectivity index (χ4v) is 4.37. The van der Waals surface area contributed by atoms with Gasteiger partial charge >= 0.3 is 0 Å². The number of ether oxygens (including phenoxy) is 1. The van der Waals surface area contributed by atoms with Crippen molar-refractivity contribution in [2.24, 2.45) is 11.8 Å². The summed E-state index contributed by atoms with van der Waals surface area (Å²) < 4.78 is 34.9. The van der Waals surface area contributed by atoms with E-state index in [-0.39, 0.29) is 12.1 Å². The molecule has 2 aliphatic rings. The molecule has 1 aliphatic carbocycles. The van der Waals surface area contributed by atoms with Gasteiger partial charge < -0.3 is 14.6 Å². The number of hydrogen-bond donors (Lipinski definition) is 3. The van der Waals surface area contributed by atoms with Crippen LogP contribution in [0.4, 0.5) is 8.78 Å². The molecule has 3 heterocycles. The molecule has 1 saturated heterocycles. The second-order valence-electron chi connectivity index (χ2n) is 8.41. The van der Waals surface area contributed by atoms with Gasteiger partial charge in [0.15, 0.2) is 0 Å². The minimum Gasteiger partial charge on any atom is -0.381 e. The number of aromatic nitrogens is 2. The van der Waals surface area contributed by atoms with Crippen molar-refractivity contribution in [1.82, 2.24) is 20.3 Å². The van der Waals surface area contributed by atoms with Crippen molar-refractivity contribution < 1.29 is 23.5 Å². The Morgan fingerprint density at radius 1 is 1.31 bits per heavy atom. The first kappa shape index (κ1) is 22.6. The second kappa shape index (κ2) is 10.3. The van der Waals surface area contributed by atoms with Crippen molar-refractivity contribution in [1.29, 1.82) is 0 Å². The van der Waals surface area contributed by atoms with Gasteiger partial charge in [0.2, 0.25) is 0 Å². The van der Waals surface area contributed by atoms with Crippen LogP contribution in [-0.4, -0.2) is 40.4 Å². The molecule has 2 aromatic heterocycles. The van der Waals surface area contributed by atoms with E-state index < -0.39 is 23.5 Å². The number of nitrogens with one attached hydrogen (secondary N) is 2. The van der Waals surface area contributed by atoms with Gasteiger partial charge in [-0.15, -0.1) is 0 Å². The zero-order valence-electron chi connectivity index (χ0n) is 17.8. The molecule has 7 nitrogen and oxygen atoms in total. The van der Waals surface area contributed by atoms with E-state index in [1.165, 1.54) is 6.08 Å². The van der Waals surface area contributed by atoms with Gasteiger partial charge in [0.25, 0.3) is 5.91 Å². The van der Waals surface area contributed by atoms with Crippen LogP contribution in [0, 0.1) is 11.8 Å². The molecule has 1 amide bonds. The SMILES string of the molecule is O=C(NO)c1cc2c(CNCCC3CCOCC3)cn(CC3CC=C(F)C=C3F)c2cn1. The number of pyridine rings is 1. The Kier molecular flexibility index (Phi) is 7.29. The van der Waals surface area contributed by atoms with Gasteiger partial charge in [-0.05, 0) is 55.9 Å². The highest BCUT2D eigenvalue weighted by Gasteiger charge is 2.21. The summed E-state index contributed by atoms with van der Waals surface area (Å²) in [6.45, 7) is 3.42. The Morgan fingerprint density at radius 3 is 2.88 bits per heavy atom. The van der Waals surface area contributed by atoms with Crippen LogP contribution in [0.1, 0.15) is 41.7 Å². The Balaban J connectivity index is 1.51. The van der Waals surface area contributed by atoms with Gasteiger partial charge in [-0.3, -0.25) is 10.0 Å². The number of hydrogen-bond acceptors (Lipinski definition) is 5. The normalized spacial score (nSPS) is 19.7. The Morgan fingerprint density at radius 2 is 2.12 bits per heavy atom. The Hall–Kier alpha value is -2.62. The van der Waals surface area contributed by atoms with Crippen LogP contribution in [0.3, 0.4) is 0 Å². The summed E-state index contributed by atoms with van der Waals surface area (Å²) in [5.74, 6) is -1.52. The molecule has 9 heteroatoms. The lowest BCUT2D eigenvalue weighted by molar-refractivity contribution is 0.0639. The summed E-state index contributed by atoms with van der Waals surface area (Å²) >= 11 is 0. The minimum atomic E-state index is -0.694. The Bertz CT molecular complexity index is 1030. The third-order valence-electron chi connectivity index (χ3n) is 6.25. The fraction of sp³-hybridized carbons (Fsp3) is 0.478. The molecule has 1 atom stereocenters. The molecule has 32 heavy (non-hydrogen) atoms. The molecule has 0 spiro atoms. The molecule has 0 saturated carbocycles. The van der Waals surface area contributed by atoms with Crippen LogP contribution in [0.2, 0.25) is 0 Å². The largest absolute Gasteiger partial charge is 0.381 e. The first-order valence-electron chi connectivity index (χ1n) is 11.0. The summed E-state index contributed by atoms with van der Waals surface area (Å²) in [7, 11) is 0. The average molecular weight is 446 g/mol. The zero-order chi connectivity index (χ0) is 22.5. The van der Waals surface area contributed by atoms with E-state index in [4.69, 9.17) is 9.94 Å². The highest BCUT2D eigenvalue weighted by Crippen LogP contribution is 2.30. The molecule has 0 bridgehead atoms. The molecular formula is C23H28F2N4O3. The predicted octanol–water partition coefficient (Wildman–Crippen LogP) is 3.79. The van der Waals surface area contributed by atoms with Crippen LogP contribution in [0.15, 0.2) is 42.3 Å². The molecule has 1 unspecified atom stereocenters. The van der Waals surface area contributed by atoms with Crippen LogP contribution in [-0.2, 0) is 17.8 Å². The number of fused-ring (bicyclic) bond motifs is 1. The molecule has 2 aromatic rings. The van der Waals surface area contributed by atoms with Crippen molar-refractivity contribution >= 4 is 16.8 Å². The maximum absolute atomic E-state index is 14.3. The van der Waals surface area contributed by atoms with Crippen molar-refractivity contribution in [2.75, 3.05) is 19.8 Å². The summed E-state index contributed by atoms with van der Waals surface area (Å²) in [5, 5.41) is 13.2. The van der Waals surface area contributed by atoms with E-state index in [0.717, 1.165) is 61.6 Å². The second-order valence-corrected chi connectivity index (χ2v) is 8.41. The first-order valence-corrected chi connectivity index (χ1v) is 11.0. The number of hydroxylamine groups is 1.